The quantitative estimate of drug-likeness (QED) is 0.650. The Labute approximate surface area is 160 Å². The highest BCUT2D eigenvalue weighted by Crippen LogP contribution is 2.30. The number of amides is 1. The molecule has 8 heteroatoms. The zero-order valence-corrected chi connectivity index (χ0v) is 17.0. The van der Waals surface area contributed by atoms with Gasteiger partial charge in [-0.05, 0) is 45.7 Å². The molecule has 2 aromatic heterocycles. The minimum absolute atomic E-state index is 0.102. The number of hydrogen-bond donors (Lipinski definition) is 1. The Kier molecular flexibility index (Phi) is 5.43. The van der Waals surface area contributed by atoms with Gasteiger partial charge in [0.05, 0.1) is 16.5 Å². The Hall–Kier alpha value is -2.19. The van der Waals surface area contributed by atoms with Gasteiger partial charge in [0.1, 0.15) is 4.88 Å². The molecule has 136 valence electrons. The molecule has 6 nitrogen and oxygen atoms in total. The van der Waals surface area contributed by atoms with E-state index in [1.807, 2.05) is 34.6 Å². The van der Waals surface area contributed by atoms with Crippen LogP contribution < -0.4 is 5.32 Å². The molecule has 2 heterocycles. The van der Waals surface area contributed by atoms with Gasteiger partial charge in [0, 0.05) is 5.69 Å². The number of carbonyl (C=O) groups excluding carboxylic acids is 1. The second-order valence-corrected chi connectivity index (χ2v) is 8.26. The van der Waals surface area contributed by atoms with E-state index >= 15 is 0 Å². The number of thioether (sulfide) groups is 1. The number of aromatic nitrogens is 3. The average molecular weight is 389 g/mol. The minimum Gasteiger partial charge on any atom is -0.410 e. The minimum atomic E-state index is -0.102. The van der Waals surface area contributed by atoms with Crippen LogP contribution in [0.4, 0.5) is 5.69 Å². The van der Waals surface area contributed by atoms with Crippen LogP contribution >= 0.6 is 23.1 Å². The lowest BCUT2D eigenvalue weighted by atomic mass is 10.1. The van der Waals surface area contributed by atoms with E-state index in [1.165, 1.54) is 28.7 Å². The molecule has 0 fully saturated rings. The molecule has 0 atom stereocenters. The predicted molar refractivity (Wildman–Crippen MR) is 105 cm³/mol. The summed E-state index contributed by atoms with van der Waals surface area (Å²) in [6.07, 6.45) is 0. The van der Waals surface area contributed by atoms with Crippen molar-refractivity contribution in [1.82, 2.24) is 15.2 Å². The normalized spacial score (nSPS) is 11.0. The fourth-order valence-corrected chi connectivity index (χ4v) is 4.17. The summed E-state index contributed by atoms with van der Waals surface area (Å²) in [5.41, 5.74) is 5.02. The average Bonchev–Trinajstić information content (AvgIpc) is 3.14. The van der Waals surface area contributed by atoms with Crippen molar-refractivity contribution < 1.29 is 9.21 Å². The maximum atomic E-state index is 12.3. The summed E-state index contributed by atoms with van der Waals surface area (Å²) in [6, 6.07) is 4.11. The lowest BCUT2D eigenvalue weighted by Gasteiger charge is -2.12. The predicted octanol–water partition coefficient (Wildman–Crippen LogP) is 4.47. The number of carbonyl (C=O) groups is 1. The van der Waals surface area contributed by atoms with Crippen molar-refractivity contribution in [2.24, 2.45) is 0 Å². The van der Waals surface area contributed by atoms with E-state index in [2.05, 4.69) is 32.6 Å². The first-order valence-corrected chi connectivity index (χ1v) is 9.92. The van der Waals surface area contributed by atoms with Gasteiger partial charge >= 0.3 is 0 Å². The molecule has 0 spiro atoms. The van der Waals surface area contributed by atoms with Crippen molar-refractivity contribution >= 4 is 34.7 Å². The molecule has 1 N–H and O–H groups in total. The lowest BCUT2D eigenvalue weighted by molar-refractivity contribution is -0.113. The van der Waals surface area contributed by atoms with Gasteiger partial charge in [0.25, 0.3) is 11.1 Å². The fourth-order valence-electron chi connectivity index (χ4n) is 2.77. The maximum absolute atomic E-state index is 12.3. The van der Waals surface area contributed by atoms with Gasteiger partial charge in [-0.25, -0.2) is 4.98 Å². The topological polar surface area (TPSA) is 80.9 Å². The number of rotatable bonds is 5. The first-order chi connectivity index (χ1) is 12.3. The van der Waals surface area contributed by atoms with E-state index in [0.717, 1.165) is 32.4 Å². The van der Waals surface area contributed by atoms with Crippen molar-refractivity contribution in [3.63, 3.8) is 0 Å². The van der Waals surface area contributed by atoms with Crippen LogP contribution in [0.2, 0.25) is 0 Å². The van der Waals surface area contributed by atoms with Crippen LogP contribution in [0.1, 0.15) is 27.4 Å². The largest absolute Gasteiger partial charge is 0.410 e. The smallest absolute Gasteiger partial charge is 0.277 e. The Morgan fingerprint density at radius 2 is 1.85 bits per heavy atom. The third-order valence-electron chi connectivity index (χ3n) is 3.77. The highest BCUT2D eigenvalue weighted by molar-refractivity contribution is 7.99. The monoisotopic (exact) mass is 388 g/mol. The maximum Gasteiger partial charge on any atom is 0.277 e. The molecule has 0 saturated carbocycles. The molecule has 0 radical (unpaired) electrons. The van der Waals surface area contributed by atoms with Crippen LogP contribution in [0, 0.1) is 34.6 Å². The molecule has 1 aromatic carbocycles. The molecule has 3 rings (SSSR count). The number of nitrogens with zero attached hydrogens (tertiary/aromatic N) is 3. The van der Waals surface area contributed by atoms with Gasteiger partial charge < -0.3 is 9.73 Å². The van der Waals surface area contributed by atoms with Gasteiger partial charge in [-0.15, -0.1) is 21.5 Å². The van der Waals surface area contributed by atoms with Gasteiger partial charge in [-0.1, -0.05) is 29.5 Å². The van der Waals surface area contributed by atoms with Crippen LogP contribution in [-0.2, 0) is 4.79 Å². The third-order valence-corrected chi connectivity index (χ3v) is 5.65. The molecule has 1 amide bonds. The first kappa shape index (κ1) is 18.6. The van der Waals surface area contributed by atoms with Crippen LogP contribution in [0.25, 0.3) is 10.8 Å². The van der Waals surface area contributed by atoms with E-state index in [4.69, 9.17) is 4.42 Å². The third kappa shape index (κ3) is 4.13. The molecule has 0 aliphatic rings. The molecule has 3 aromatic rings. The van der Waals surface area contributed by atoms with Crippen molar-refractivity contribution in [3.8, 4) is 10.8 Å². The molecular weight excluding hydrogens is 368 g/mol. The molecule has 0 aliphatic carbocycles. The highest BCUT2D eigenvalue weighted by atomic mass is 32.2. The van der Waals surface area contributed by atoms with E-state index < -0.39 is 0 Å². The van der Waals surface area contributed by atoms with E-state index in [9.17, 15) is 4.79 Å². The van der Waals surface area contributed by atoms with Crippen LogP contribution in [0.5, 0.6) is 0 Å². The molecule has 0 bridgehead atoms. The Morgan fingerprint density at radius 1 is 1.15 bits per heavy atom. The van der Waals surface area contributed by atoms with Crippen LogP contribution in [-0.4, -0.2) is 26.8 Å². The van der Waals surface area contributed by atoms with Crippen molar-refractivity contribution in [2.75, 3.05) is 11.1 Å². The van der Waals surface area contributed by atoms with Gasteiger partial charge in [0.15, 0.2) is 0 Å². The fraction of sp³-hybridized carbons (Fsp3) is 0.333. The van der Waals surface area contributed by atoms with Crippen molar-refractivity contribution in [1.29, 1.82) is 0 Å². The SMILES string of the molecule is Cc1cc(C)c(NC(=O)CSc2nnc(-c3sc(C)nc3C)o2)c(C)c1. The van der Waals surface area contributed by atoms with Crippen molar-refractivity contribution in [2.45, 2.75) is 39.8 Å². The number of nitrogens with one attached hydrogen (secondary N) is 1. The van der Waals surface area contributed by atoms with Crippen molar-refractivity contribution in [3.05, 3.63) is 39.5 Å². The Morgan fingerprint density at radius 3 is 2.46 bits per heavy atom. The molecule has 0 saturated heterocycles. The number of anilines is 1. The summed E-state index contributed by atoms with van der Waals surface area (Å²) in [5.74, 6) is 0.547. The molecule has 0 unspecified atom stereocenters. The lowest BCUT2D eigenvalue weighted by Crippen LogP contribution is -2.15. The summed E-state index contributed by atoms with van der Waals surface area (Å²) >= 11 is 2.74. The van der Waals surface area contributed by atoms with Gasteiger partial charge in [0.2, 0.25) is 5.91 Å². The summed E-state index contributed by atoms with van der Waals surface area (Å²) in [4.78, 5) is 17.5. The Balaban J connectivity index is 1.63. The summed E-state index contributed by atoms with van der Waals surface area (Å²) in [6.45, 7) is 9.88. The molecular formula is C18H20N4O2S2. The summed E-state index contributed by atoms with van der Waals surface area (Å²) in [5, 5.41) is 12.4. The van der Waals surface area contributed by atoms with Crippen LogP contribution in [0.15, 0.2) is 21.8 Å². The van der Waals surface area contributed by atoms with Gasteiger partial charge in [-0.3, -0.25) is 4.79 Å². The summed E-state index contributed by atoms with van der Waals surface area (Å²) < 4.78 is 5.66. The van der Waals surface area contributed by atoms with E-state index in [-0.39, 0.29) is 11.7 Å². The Bertz CT molecular complexity index is 939. The summed E-state index contributed by atoms with van der Waals surface area (Å²) in [7, 11) is 0. The number of hydrogen-bond acceptors (Lipinski definition) is 7. The number of aryl methyl sites for hydroxylation is 5. The van der Waals surface area contributed by atoms with Gasteiger partial charge in [-0.2, -0.15) is 0 Å². The zero-order chi connectivity index (χ0) is 18.8. The second kappa shape index (κ2) is 7.59. The zero-order valence-electron chi connectivity index (χ0n) is 15.3. The second-order valence-electron chi connectivity index (χ2n) is 6.13. The standard InChI is InChI=1S/C18H20N4O2S2/c1-9-6-10(2)15(11(3)7-9)20-14(23)8-25-18-22-21-17(24-18)16-12(4)19-13(5)26-16/h6-7H,8H2,1-5H3,(H,20,23). The van der Waals surface area contributed by atoms with Crippen LogP contribution in [0.3, 0.4) is 0 Å². The first-order valence-electron chi connectivity index (χ1n) is 8.12. The number of thiazole rings is 1. The molecule has 26 heavy (non-hydrogen) atoms. The van der Waals surface area contributed by atoms with E-state index in [1.54, 1.807) is 0 Å². The highest BCUT2D eigenvalue weighted by Gasteiger charge is 2.16. The van der Waals surface area contributed by atoms with E-state index in [0.29, 0.717) is 11.1 Å². The number of benzene rings is 1. The molecule has 0 aliphatic heterocycles.